The van der Waals surface area contributed by atoms with Crippen LogP contribution in [0.4, 0.5) is 0 Å². The summed E-state index contributed by atoms with van der Waals surface area (Å²) in [6, 6.07) is 0. The van der Waals surface area contributed by atoms with Gasteiger partial charge >= 0.3 is 0 Å². The van der Waals surface area contributed by atoms with E-state index >= 15 is 0 Å². The number of fused-ring (bicyclic) bond motifs is 5. The molecular formula is C20H30O3. The molecule has 23 heavy (non-hydrogen) atoms. The zero-order valence-electron chi connectivity index (χ0n) is 14.5. The highest BCUT2D eigenvalue weighted by Crippen LogP contribution is 2.66. The molecule has 7 atom stereocenters. The minimum atomic E-state index is -0.102. The van der Waals surface area contributed by atoms with E-state index in [1.807, 2.05) is 0 Å². The minimum Gasteiger partial charge on any atom is -0.396 e. The molecule has 1 unspecified atom stereocenters. The van der Waals surface area contributed by atoms with Crippen molar-refractivity contribution in [3.8, 4) is 0 Å². The number of carbonyl (C=O) groups excluding carboxylic acids is 2. The maximum Gasteiger partial charge on any atom is 0.139 e. The van der Waals surface area contributed by atoms with Crippen LogP contribution in [-0.4, -0.2) is 23.3 Å². The molecule has 4 saturated carbocycles. The van der Waals surface area contributed by atoms with E-state index in [1.54, 1.807) is 0 Å². The van der Waals surface area contributed by atoms with Gasteiger partial charge in [0.05, 0.1) is 0 Å². The first-order chi connectivity index (χ1) is 10.9. The Bertz CT molecular complexity index is 541. The Kier molecular flexibility index (Phi) is 3.54. The van der Waals surface area contributed by atoms with Crippen molar-refractivity contribution in [3.63, 3.8) is 0 Å². The molecule has 0 heterocycles. The first kappa shape index (κ1) is 15.8. The highest BCUT2D eigenvalue weighted by atomic mass is 16.3. The number of hydrogen-bond acceptors (Lipinski definition) is 3. The number of hydrogen-bond donors (Lipinski definition) is 1. The highest BCUT2D eigenvalue weighted by Gasteiger charge is 2.61. The average molecular weight is 318 g/mol. The van der Waals surface area contributed by atoms with Crippen molar-refractivity contribution >= 4 is 11.6 Å². The summed E-state index contributed by atoms with van der Waals surface area (Å²) in [7, 11) is 0. The molecular weight excluding hydrogens is 288 g/mol. The van der Waals surface area contributed by atoms with E-state index in [1.165, 1.54) is 0 Å². The second-order valence-corrected chi connectivity index (χ2v) is 9.33. The molecule has 3 heteroatoms. The fraction of sp³-hybridized carbons (Fsp3) is 0.900. The lowest BCUT2D eigenvalue weighted by molar-refractivity contribution is -0.156. The van der Waals surface area contributed by atoms with Gasteiger partial charge in [-0.15, -0.1) is 0 Å². The van der Waals surface area contributed by atoms with Gasteiger partial charge < -0.3 is 5.11 Å². The Morgan fingerprint density at radius 3 is 2.57 bits per heavy atom. The second kappa shape index (κ2) is 5.15. The molecule has 4 fully saturated rings. The Labute approximate surface area is 139 Å². The average Bonchev–Trinajstić information content (AvgIpc) is 2.83. The molecule has 0 radical (unpaired) electrons. The number of Topliss-reactive ketones (excluding diaryl/α,β-unsaturated/α-hetero) is 2. The molecule has 0 bridgehead atoms. The van der Waals surface area contributed by atoms with Gasteiger partial charge in [0.15, 0.2) is 0 Å². The lowest BCUT2D eigenvalue weighted by Crippen LogP contribution is -2.56. The zero-order valence-corrected chi connectivity index (χ0v) is 14.5. The third kappa shape index (κ3) is 2.04. The highest BCUT2D eigenvalue weighted by molar-refractivity contribution is 5.87. The maximum atomic E-state index is 12.5. The third-order valence-electron chi connectivity index (χ3n) is 8.61. The molecule has 0 amide bonds. The van der Waals surface area contributed by atoms with E-state index in [0.717, 1.165) is 44.9 Å². The van der Waals surface area contributed by atoms with E-state index in [0.29, 0.717) is 41.7 Å². The molecule has 3 nitrogen and oxygen atoms in total. The number of aliphatic hydroxyl groups is 1. The van der Waals surface area contributed by atoms with Gasteiger partial charge in [0.2, 0.25) is 0 Å². The zero-order chi connectivity index (χ0) is 16.4. The quantitative estimate of drug-likeness (QED) is 0.806. The Morgan fingerprint density at radius 1 is 1.04 bits per heavy atom. The lowest BCUT2D eigenvalue weighted by Gasteiger charge is -2.61. The molecule has 0 saturated heterocycles. The number of aliphatic hydroxyl groups excluding tert-OH is 1. The Morgan fingerprint density at radius 2 is 1.83 bits per heavy atom. The predicted octanol–water partition coefficient (Wildman–Crippen LogP) is 3.39. The summed E-state index contributed by atoms with van der Waals surface area (Å²) in [6.07, 6.45) is 7.40. The van der Waals surface area contributed by atoms with E-state index in [2.05, 4.69) is 13.8 Å². The van der Waals surface area contributed by atoms with Gasteiger partial charge in [-0.1, -0.05) is 13.8 Å². The van der Waals surface area contributed by atoms with Crippen LogP contribution in [0.1, 0.15) is 65.2 Å². The number of carbonyl (C=O) groups is 2. The van der Waals surface area contributed by atoms with Crippen molar-refractivity contribution in [2.45, 2.75) is 65.2 Å². The van der Waals surface area contributed by atoms with Crippen LogP contribution >= 0.6 is 0 Å². The van der Waals surface area contributed by atoms with Gasteiger partial charge in [0, 0.05) is 31.3 Å². The van der Waals surface area contributed by atoms with Crippen LogP contribution in [0.5, 0.6) is 0 Å². The molecule has 0 aliphatic heterocycles. The molecule has 4 aliphatic carbocycles. The SMILES string of the molecule is C[C@]12CCC(=O)CC1[C@H](CO)C[C@@H]1[C@@H]2CC[C@]2(C)C(=O)CC[C@@H]12. The summed E-state index contributed by atoms with van der Waals surface area (Å²) >= 11 is 0. The third-order valence-corrected chi connectivity index (χ3v) is 8.61. The Hall–Kier alpha value is -0.700. The predicted molar refractivity (Wildman–Crippen MR) is 87.7 cm³/mol. The number of rotatable bonds is 1. The van der Waals surface area contributed by atoms with Gasteiger partial charge in [0.1, 0.15) is 11.6 Å². The van der Waals surface area contributed by atoms with Crippen molar-refractivity contribution in [2.24, 2.45) is 40.4 Å². The minimum absolute atomic E-state index is 0.102. The van der Waals surface area contributed by atoms with Crippen LogP contribution in [0.15, 0.2) is 0 Å². The molecule has 4 rings (SSSR count). The van der Waals surface area contributed by atoms with E-state index in [4.69, 9.17) is 0 Å². The van der Waals surface area contributed by atoms with Crippen LogP contribution in [0.2, 0.25) is 0 Å². The van der Waals surface area contributed by atoms with Gasteiger partial charge in [-0.3, -0.25) is 9.59 Å². The first-order valence-electron chi connectivity index (χ1n) is 9.56. The molecule has 1 N–H and O–H groups in total. The smallest absolute Gasteiger partial charge is 0.139 e. The standard InChI is InChI=1S/C20H30O3/c1-19-7-5-13(22)10-17(19)12(11-21)9-14-15-3-4-18(23)20(15,2)8-6-16(14)19/h12,14-17,21H,3-11H2,1-2H3/t12-,14-,15-,16-,17?,19+,20-/m0/s1. The van der Waals surface area contributed by atoms with Gasteiger partial charge in [-0.25, -0.2) is 0 Å². The van der Waals surface area contributed by atoms with E-state index in [-0.39, 0.29) is 23.4 Å². The van der Waals surface area contributed by atoms with Crippen molar-refractivity contribution in [1.29, 1.82) is 0 Å². The van der Waals surface area contributed by atoms with Gasteiger partial charge in [0.25, 0.3) is 0 Å². The molecule has 4 aliphatic rings. The molecule has 0 aromatic rings. The summed E-state index contributed by atoms with van der Waals surface area (Å²) in [4.78, 5) is 24.5. The molecule has 0 aromatic carbocycles. The largest absolute Gasteiger partial charge is 0.396 e. The van der Waals surface area contributed by atoms with Crippen LogP contribution in [0, 0.1) is 40.4 Å². The maximum absolute atomic E-state index is 12.5. The van der Waals surface area contributed by atoms with Crippen LogP contribution in [0.25, 0.3) is 0 Å². The van der Waals surface area contributed by atoms with Gasteiger partial charge in [-0.05, 0) is 67.1 Å². The summed E-state index contributed by atoms with van der Waals surface area (Å²) in [5, 5.41) is 10.00. The molecule has 0 aromatic heterocycles. The molecule has 0 spiro atoms. The first-order valence-corrected chi connectivity index (χ1v) is 9.56. The summed E-state index contributed by atoms with van der Waals surface area (Å²) in [6.45, 7) is 4.80. The fourth-order valence-electron chi connectivity index (χ4n) is 7.26. The summed E-state index contributed by atoms with van der Waals surface area (Å²) < 4.78 is 0. The van der Waals surface area contributed by atoms with E-state index in [9.17, 15) is 14.7 Å². The van der Waals surface area contributed by atoms with E-state index < -0.39 is 0 Å². The summed E-state index contributed by atoms with van der Waals surface area (Å²) in [5.41, 5.74) is 0.0893. The number of ketones is 2. The van der Waals surface area contributed by atoms with Crippen LogP contribution in [-0.2, 0) is 9.59 Å². The van der Waals surface area contributed by atoms with Crippen molar-refractivity contribution < 1.29 is 14.7 Å². The Balaban J connectivity index is 1.70. The van der Waals surface area contributed by atoms with Crippen molar-refractivity contribution in [2.75, 3.05) is 6.61 Å². The van der Waals surface area contributed by atoms with Crippen molar-refractivity contribution in [3.05, 3.63) is 0 Å². The fourth-order valence-corrected chi connectivity index (χ4v) is 7.26. The van der Waals surface area contributed by atoms with Crippen LogP contribution in [0.3, 0.4) is 0 Å². The topological polar surface area (TPSA) is 54.4 Å². The molecule has 128 valence electrons. The monoisotopic (exact) mass is 318 g/mol. The second-order valence-electron chi connectivity index (χ2n) is 9.33. The lowest BCUT2D eigenvalue weighted by atomic mass is 9.43. The van der Waals surface area contributed by atoms with Gasteiger partial charge in [-0.2, -0.15) is 0 Å². The summed E-state index contributed by atoms with van der Waals surface area (Å²) in [5.74, 6) is 3.21. The normalized spacial score (nSPS) is 52.7. The van der Waals surface area contributed by atoms with Crippen molar-refractivity contribution in [1.82, 2.24) is 0 Å². The van der Waals surface area contributed by atoms with Crippen LogP contribution < -0.4 is 0 Å².